The van der Waals surface area contributed by atoms with Crippen LogP contribution >= 0.6 is 0 Å². The highest BCUT2D eigenvalue weighted by molar-refractivity contribution is 5.81. The Bertz CT molecular complexity index is 134. The molecule has 0 aliphatic carbocycles. The minimum Gasteiger partial charge on any atom is -0.480 e. The van der Waals surface area contributed by atoms with E-state index in [-0.39, 0.29) is 0 Å². The lowest BCUT2D eigenvalue weighted by molar-refractivity contribution is -0.142. The van der Waals surface area contributed by atoms with Crippen LogP contribution in [0.5, 0.6) is 0 Å². The van der Waals surface area contributed by atoms with E-state index in [1.54, 1.807) is 0 Å². The maximum absolute atomic E-state index is 10.1. The fourth-order valence-corrected chi connectivity index (χ4v) is 0.219. The van der Waals surface area contributed by atoms with Crippen LogP contribution < -0.4 is 5.73 Å². The summed E-state index contributed by atoms with van der Waals surface area (Å²) >= 11 is 0. The third kappa shape index (κ3) is 1.51. The molecule has 4 N–H and O–H groups in total. The molecule has 0 aliphatic heterocycles. The van der Waals surface area contributed by atoms with Crippen molar-refractivity contribution in [3.8, 4) is 0 Å². The predicted molar refractivity (Wildman–Crippen MR) is 31.8 cm³/mol. The summed E-state index contributed by atoms with van der Waals surface area (Å²) in [5.41, 5.74) is 3.39. The van der Waals surface area contributed by atoms with Crippen LogP contribution in [0, 0.1) is 0 Å². The molecule has 0 aromatic carbocycles. The first-order valence-corrected chi connectivity index (χ1v) is 2.33. The molecule has 4 heteroatoms. The molecule has 9 heavy (non-hydrogen) atoms. The van der Waals surface area contributed by atoms with Gasteiger partial charge in [-0.3, -0.25) is 0 Å². The zero-order valence-corrected chi connectivity index (χ0v) is 4.87. The molecule has 0 radical (unpaired) electrons. The summed E-state index contributed by atoms with van der Waals surface area (Å²) in [7, 11) is 0. The first kappa shape index (κ1) is 8.13. The first-order valence-electron chi connectivity index (χ1n) is 2.33. The molecule has 52 valence electrons. The molecular weight excluding hydrogens is 122 g/mol. The lowest BCUT2D eigenvalue weighted by Crippen LogP contribution is -2.49. The Morgan fingerprint density at radius 2 is 2.33 bits per heavy atom. The van der Waals surface area contributed by atoms with Crippen molar-refractivity contribution in [1.29, 1.82) is 0 Å². The highest BCUT2D eigenvalue weighted by Crippen LogP contribution is 1.98. The van der Waals surface area contributed by atoms with Crippen LogP contribution in [0.3, 0.4) is 0 Å². The average molecular weight is 131 g/mol. The van der Waals surface area contributed by atoms with Crippen molar-refractivity contribution in [3.63, 3.8) is 0 Å². The number of carbonyl (C=O) groups is 1. The van der Waals surface area contributed by atoms with Gasteiger partial charge in [0.2, 0.25) is 0 Å². The van der Waals surface area contributed by atoms with Gasteiger partial charge in [0.25, 0.3) is 0 Å². The third-order valence-electron chi connectivity index (χ3n) is 1.02. The fraction of sp³-hybridized carbons (Fsp3) is 0.400. The predicted octanol–water partition coefficient (Wildman–Crippen LogP) is -1.05. The number of aliphatic hydroxyl groups is 1. The molecule has 0 aliphatic rings. The van der Waals surface area contributed by atoms with Gasteiger partial charge in [0.05, 0.1) is 6.61 Å². The molecule has 1 atom stereocenters. The Morgan fingerprint density at radius 1 is 1.89 bits per heavy atom. The molecule has 0 bridgehead atoms. The molecule has 0 aromatic rings. The normalized spacial score (nSPS) is 16.2. The van der Waals surface area contributed by atoms with Gasteiger partial charge in [-0.25, -0.2) is 4.79 Å². The van der Waals surface area contributed by atoms with Gasteiger partial charge < -0.3 is 15.9 Å². The van der Waals surface area contributed by atoms with E-state index in [9.17, 15) is 4.79 Å². The number of nitrogens with two attached hydrogens (primary N) is 1. The third-order valence-corrected chi connectivity index (χ3v) is 1.02. The van der Waals surface area contributed by atoms with Gasteiger partial charge in [0, 0.05) is 0 Å². The van der Waals surface area contributed by atoms with Gasteiger partial charge in [-0.05, 0) is 0 Å². The van der Waals surface area contributed by atoms with Gasteiger partial charge >= 0.3 is 5.97 Å². The van der Waals surface area contributed by atoms with Gasteiger partial charge in [0.1, 0.15) is 0 Å². The quantitative estimate of drug-likeness (QED) is 0.426. The highest BCUT2D eigenvalue weighted by Gasteiger charge is 2.28. The van der Waals surface area contributed by atoms with Crippen LogP contribution in [0.4, 0.5) is 0 Å². The fourth-order valence-electron chi connectivity index (χ4n) is 0.219. The minimum atomic E-state index is -1.68. The van der Waals surface area contributed by atoms with Crippen LogP contribution in [0.25, 0.3) is 0 Å². The van der Waals surface area contributed by atoms with Gasteiger partial charge in [-0.1, -0.05) is 6.08 Å². The summed E-state index contributed by atoms with van der Waals surface area (Å²) < 4.78 is 0. The second-order valence-corrected chi connectivity index (χ2v) is 1.71. The smallest absolute Gasteiger partial charge is 0.330 e. The number of aliphatic carboxylic acids is 1. The Hall–Kier alpha value is -0.870. The van der Waals surface area contributed by atoms with Crippen LogP contribution in [-0.4, -0.2) is 28.3 Å². The summed E-state index contributed by atoms with van der Waals surface area (Å²) in [6, 6.07) is 0. The summed E-state index contributed by atoms with van der Waals surface area (Å²) in [6.45, 7) is 2.53. The van der Waals surface area contributed by atoms with E-state index < -0.39 is 18.1 Å². The molecule has 0 aromatic heterocycles. The van der Waals surface area contributed by atoms with Crippen molar-refractivity contribution in [1.82, 2.24) is 0 Å². The lowest BCUT2D eigenvalue weighted by atomic mass is 10.0. The average Bonchev–Trinajstić information content (AvgIpc) is 1.86. The van der Waals surface area contributed by atoms with E-state index in [4.69, 9.17) is 15.9 Å². The van der Waals surface area contributed by atoms with E-state index in [0.29, 0.717) is 0 Å². The Balaban J connectivity index is 4.27. The Kier molecular flexibility index (Phi) is 2.36. The summed E-state index contributed by atoms with van der Waals surface area (Å²) in [4.78, 5) is 10.1. The summed E-state index contributed by atoms with van der Waals surface area (Å²) in [6.07, 6.45) is 0.995. The molecule has 0 spiro atoms. The van der Waals surface area contributed by atoms with Gasteiger partial charge in [0.15, 0.2) is 5.54 Å². The maximum Gasteiger partial charge on any atom is 0.330 e. The van der Waals surface area contributed by atoms with Crippen molar-refractivity contribution < 1.29 is 15.0 Å². The summed E-state index contributed by atoms with van der Waals surface area (Å²) in [5.74, 6) is -1.28. The summed E-state index contributed by atoms with van der Waals surface area (Å²) in [5, 5.41) is 16.7. The van der Waals surface area contributed by atoms with Crippen molar-refractivity contribution in [2.24, 2.45) is 5.73 Å². The molecule has 1 unspecified atom stereocenters. The van der Waals surface area contributed by atoms with Crippen LogP contribution in [-0.2, 0) is 4.79 Å². The number of rotatable bonds is 3. The van der Waals surface area contributed by atoms with Gasteiger partial charge in [-0.15, -0.1) is 6.58 Å². The first-order chi connectivity index (χ1) is 4.06. The van der Waals surface area contributed by atoms with E-state index in [1.807, 2.05) is 0 Å². The largest absolute Gasteiger partial charge is 0.480 e. The zero-order chi connectivity index (χ0) is 7.49. The molecule has 0 saturated carbocycles. The monoisotopic (exact) mass is 131 g/mol. The maximum atomic E-state index is 10.1. The van der Waals surface area contributed by atoms with Crippen molar-refractivity contribution in [2.75, 3.05) is 6.61 Å². The van der Waals surface area contributed by atoms with Gasteiger partial charge in [-0.2, -0.15) is 0 Å². The topological polar surface area (TPSA) is 83.5 Å². The Morgan fingerprint density at radius 3 is 2.33 bits per heavy atom. The molecule has 0 heterocycles. The van der Waals surface area contributed by atoms with E-state index >= 15 is 0 Å². The van der Waals surface area contributed by atoms with Crippen molar-refractivity contribution in [3.05, 3.63) is 12.7 Å². The number of hydrogen-bond donors (Lipinski definition) is 3. The van der Waals surface area contributed by atoms with Crippen LogP contribution in [0.15, 0.2) is 12.7 Å². The molecule has 0 saturated heterocycles. The van der Waals surface area contributed by atoms with Crippen molar-refractivity contribution in [2.45, 2.75) is 5.54 Å². The van der Waals surface area contributed by atoms with E-state index in [2.05, 4.69) is 6.58 Å². The van der Waals surface area contributed by atoms with E-state index in [1.165, 1.54) is 0 Å². The highest BCUT2D eigenvalue weighted by atomic mass is 16.4. The second kappa shape index (κ2) is 2.61. The molecular formula is C5H9NO3. The Labute approximate surface area is 52.6 Å². The molecule has 0 amide bonds. The molecule has 4 nitrogen and oxygen atoms in total. The van der Waals surface area contributed by atoms with Crippen molar-refractivity contribution >= 4 is 5.97 Å². The number of carboxylic acids is 1. The number of hydrogen-bond acceptors (Lipinski definition) is 3. The molecule has 0 fully saturated rings. The van der Waals surface area contributed by atoms with Crippen LogP contribution in [0.2, 0.25) is 0 Å². The number of carboxylic acid groups (broad SMARTS) is 1. The second-order valence-electron chi connectivity index (χ2n) is 1.71. The minimum absolute atomic E-state index is 0.633. The lowest BCUT2D eigenvalue weighted by Gasteiger charge is -2.15. The standard InChI is InChI=1S/C5H9NO3/c1-2-5(6,3-7)4(8)9/h2,7H,1,3,6H2,(H,8,9). The SMILES string of the molecule is C=CC(N)(CO)C(=O)O. The molecule has 0 rings (SSSR count). The number of aliphatic hydroxyl groups excluding tert-OH is 1. The zero-order valence-electron chi connectivity index (χ0n) is 4.87. The van der Waals surface area contributed by atoms with Crippen LogP contribution in [0.1, 0.15) is 0 Å². The van der Waals surface area contributed by atoms with E-state index in [0.717, 1.165) is 6.08 Å².